The lowest BCUT2D eigenvalue weighted by Gasteiger charge is -2.10. The Morgan fingerprint density at radius 3 is 2.76 bits per heavy atom. The standard InChI is InChI=1S/C15H17NO/c1-13-9-5-3-6-10-14(13)15(16-2)11-7-4-8-12-17/h4-12,15H,2-3H2,1H3/b8-4+,11-7?. The van der Waals surface area contributed by atoms with Crippen molar-refractivity contribution in [2.75, 3.05) is 0 Å². The molecule has 0 aliphatic heterocycles. The largest absolute Gasteiger partial charge is 0.299 e. The van der Waals surface area contributed by atoms with Gasteiger partial charge in [0.05, 0.1) is 6.04 Å². The summed E-state index contributed by atoms with van der Waals surface area (Å²) in [6.45, 7) is 5.68. The van der Waals surface area contributed by atoms with Crippen LogP contribution in [0.15, 0.2) is 64.7 Å². The highest BCUT2D eigenvalue weighted by atomic mass is 16.1. The second-order valence-electron chi connectivity index (χ2n) is 3.71. The first kappa shape index (κ1) is 13.1. The lowest BCUT2D eigenvalue weighted by atomic mass is 10.0. The van der Waals surface area contributed by atoms with Gasteiger partial charge in [0.15, 0.2) is 0 Å². The number of carbonyl (C=O) groups excluding carboxylic acids is 1. The topological polar surface area (TPSA) is 29.4 Å². The Kier molecular flexibility index (Phi) is 5.66. The Morgan fingerprint density at radius 1 is 1.29 bits per heavy atom. The van der Waals surface area contributed by atoms with Crippen LogP contribution in [0.2, 0.25) is 0 Å². The Labute approximate surface area is 102 Å². The van der Waals surface area contributed by atoms with Crippen molar-refractivity contribution in [2.24, 2.45) is 4.99 Å². The predicted octanol–water partition coefficient (Wildman–Crippen LogP) is 3.20. The van der Waals surface area contributed by atoms with Crippen molar-refractivity contribution < 1.29 is 4.79 Å². The lowest BCUT2D eigenvalue weighted by molar-refractivity contribution is -0.104. The average molecular weight is 227 g/mol. The summed E-state index contributed by atoms with van der Waals surface area (Å²) in [7, 11) is 0. The molecule has 17 heavy (non-hydrogen) atoms. The summed E-state index contributed by atoms with van der Waals surface area (Å²) in [4.78, 5) is 14.2. The van der Waals surface area contributed by atoms with Crippen LogP contribution in [0.25, 0.3) is 0 Å². The third-order valence-corrected chi connectivity index (χ3v) is 2.50. The Bertz CT molecular complexity index is 422. The molecule has 0 bridgehead atoms. The van der Waals surface area contributed by atoms with E-state index in [2.05, 4.69) is 42.9 Å². The monoisotopic (exact) mass is 227 g/mol. The van der Waals surface area contributed by atoms with E-state index < -0.39 is 0 Å². The molecule has 0 aromatic heterocycles. The van der Waals surface area contributed by atoms with Crippen LogP contribution < -0.4 is 0 Å². The minimum atomic E-state index is -0.0645. The number of hydrogen-bond acceptors (Lipinski definition) is 2. The van der Waals surface area contributed by atoms with Gasteiger partial charge in [-0.15, -0.1) is 0 Å². The molecule has 0 spiro atoms. The van der Waals surface area contributed by atoms with Crippen LogP contribution in [-0.2, 0) is 4.79 Å². The van der Waals surface area contributed by atoms with Gasteiger partial charge in [-0.3, -0.25) is 9.79 Å². The summed E-state index contributed by atoms with van der Waals surface area (Å²) in [6.07, 6.45) is 17.0. The van der Waals surface area contributed by atoms with Crippen LogP contribution in [-0.4, -0.2) is 19.0 Å². The fraction of sp³-hybridized carbons (Fsp3) is 0.200. The minimum Gasteiger partial charge on any atom is -0.299 e. The summed E-state index contributed by atoms with van der Waals surface area (Å²) in [5.41, 5.74) is 2.34. The third kappa shape index (κ3) is 4.19. The quantitative estimate of drug-likeness (QED) is 0.307. The lowest BCUT2D eigenvalue weighted by Crippen LogP contribution is -2.04. The van der Waals surface area contributed by atoms with Crippen LogP contribution in [0.3, 0.4) is 0 Å². The van der Waals surface area contributed by atoms with E-state index in [1.807, 2.05) is 12.2 Å². The fourth-order valence-electron chi connectivity index (χ4n) is 1.62. The highest BCUT2D eigenvalue weighted by Crippen LogP contribution is 2.19. The molecule has 0 radical (unpaired) electrons. The fourth-order valence-corrected chi connectivity index (χ4v) is 1.62. The second kappa shape index (κ2) is 7.34. The number of aldehydes is 1. The SMILES string of the molecule is C=NC(C=C/C=C/C=O)C1=C(C)C=CCC=C1. The van der Waals surface area contributed by atoms with Crippen LogP contribution in [0.4, 0.5) is 0 Å². The minimum absolute atomic E-state index is 0.0645. The molecule has 0 N–H and O–H groups in total. The van der Waals surface area contributed by atoms with Gasteiger partial charge in [0.25, 0.3) is 0 Å². The highest BCUT2D eigenvalue weighted by molar-refractivity contribution is 5.65. The molecule has 1 atom stereocenters. The van der Waals surface area contributed by atoms with Crippen LogP contribution in [0.5, 0.6) is 0 Å². The van der Waals surface area contributed by atoms with Gasteiger partial charge in [-0.25, -0.2) is 0 Å². The summed E-state index contributed by atoms with van der Waals surface area (Å²) >= 11 is 0. The number of rotatable bonds is 5. The molecule has 1 aliphatic rings. The van der Waals surface area contributed by atoms with Gasteiger partial charge in [0.2, 0.25) is 0 Å². The molecular weight excluding hydrogens is 210 g/mol. The number of hydrogen-bond donors (Lipinski definition) is 0. The zero-order valence-electron chi connectivity index (χ0n) is 10.0. The highest BCUT2D eigenvalue weighted by Gasteiger charge is 2.08. The maximum absolute atomic E-state index is 10.1. The Morgan fingerprint density at radius 2 is 2.06 bits per heavy atom. The van der Waals surface area contributed by atoms with Gasteiger partial charge in [-0.2, -0.15) is 0 Å². The van der Waals surface area contributed by atoms with Crippen molar-refractivity contribution in [1.29, 1.82) is 0 Å². The summed E-state index contributed by atoms with van der Waals surface area (Å²) in [6, 6.07) is -0.0645. The maximum atomic E-state index is 10.1. The van der Waals surface area contributed by atoms with E-state index in [0.717, 1.165) is 18.3 Å². The molecular formula is C15H17NO. The molecule has 2 heteroatoms. The zero-order chi connectivity index (χ0) is 12.5. The number of aliphatic imine (C=N–C) groups is 1. The number of allylic oxidation sites excluding steroid dienone is 7. The Balaban J connectivity index is 2.89. The van der Waals surface area contributed by atoms with Crippen molar-refractivity contribution in [2.45, 2.75) is 19.4 Å². The summed E-state index contributed by atoms with van der Waals surface area (Å²) < 4.78 is 0. The van der Waals surface area contributed by atoms with Gasteiger partial charge >= 0.3 is 0 Å². The van der Waals surface area contributed by atoms with E-state index in [1.165, 1.54) is 11.6 Å². The van der Waals surface area contributed by atoms with Crippen molar-refractivity contribution in [3.63, 3.8) is 0 Å². The van der Waals surface area contributed by atoms with Crippen molar-refractivity contribution >= 4 is 13.0 Å². The smallest absolute Gasteiger partial charge is 0.142 e. The van der Waals surface area contributed by atoms with Gasteiger partial charge < -0.3 is 0 Å². The normalized spacial score (nSPS) is 17.7. The molecule has 88 valence electrons. The van der Waals surface area contributed by atoms with Gasteiger partial charge in [0, 0.05) is 0 Å². The first-order valence-electron chi connectivity index (χ1n) is 5.58. The summed E-state index contributed by atoms with van der Waals surface area (Å²) in [5, 5.41) is 0. The van der Waals surface area contributed by atoms with E-state index >= 15 is 0 Å². The zero-order valence-corrected chi connectivity index (χ0v) is 10.0. The molecule has 0 amide bonds. The predicted molar refractivity (Wildman–Crippen MR) is 73.3 cm³/mol. The van der Waals surface area contributed by atoms with Crippen LogP contribution >= 0.6 is 0 Å². The van der Waals surface area contributed by atoms with E-state index in [1.54, 1.807) is 6.08 Å². The maximum Gasteiger partial charge on any atom is 0.142 e. The average Bonchev–Trinajstić information content (AvgIpc) is 2.55. The van der Waals surface area contributed by atoms with E-state index in [0.29, 0.717) is 0 Å². The van der Waals surface area contributed by atoms with Gasteiger partial charge in [-0.05, 0) is 37.3 Å². The van der Waals surface area contributed by atoms with Crippen LogP contribution in [0, 0.1) is 0 Å². The van der Waals surface area contributed by atoms with E-state index in [4.69, 9.17) is 0 Å². The third-order valence-electron chi connectivity index (χ3n) is 2.50. The molecule has 0 saturated carbocycles. The number of nitrogens with zero attached hydrogens (tertiary/aromatic N) is 1. The van der Waals surface area contributed by atoms with Crippen LogP contribution in [0.1, 0.15) is 13.3 Å². The molecule has 0 saturated heterocycles. The first-order chi connectivity index (χ1) is 8.29. The summed E-state index contributed by atoms with van der Waals surface area (Å²) in [5.74, 6) is 0. The molecule has 0 aromatic carbocycles. The molecule has 0 fully saturated rings. The number of carbonyl (C=O) groups is 1. The van der Waals surface area contributed by atoms with E-state index in [-0.39, 0.29) is 6.04 Å². The second-order valence-corrected chi connectivity index (χ2v) is 3.71. The molecule has 1 unspecified atom stereocenters. The molecule has 0 heterocycles. The molecule has 2 nitrogen and oxygen atoms in total. The van der Waals surface area contributed by atoms with Crippen molar-refractivity contribution in [3.05, 3.63) is 59.8 Å². The van der Waals surface area contributed by atoms with Crippen molar-refractivity contribution in [3.8, 4) is 0 Å². The molecule has 1 rings (SSSR count). The first-order valence-corrected chi connectivity index (χ1v) is 5.58. The molecule has 0 aromatic rings. The van der Waals surface area contributed by atoms with E-state index in [9.17, 15) is 4.79 Å². The van der Waals surface area contributed by atoms with Crippen molar-refractivity contribution in [1.82, 2.24) is 0 Å². The molecule has 1 aliphatic carbocycles. The Hall–Kier alpha value is -1.96. The van der Waals surface area contributed by atoms with Gasteiger partial charge in [0.1, 0.15) is 6.29 Å². The van der Waals surface area contributed by atoms with Gasteiger partial charge in [-0.1, -0.05) is 42.5 Å².